The Morgan fingerprint density at radius 2 is 1.78 bits per heavy atom. The van der Waals surface area contributed by atoms with Crippen LogP contribution in [0.2, 0.25) is 0 Å². The van der Waals surface area contributed by atoms with Crippen molar-refractivity contribution in [3.05, 3.63) is 66.5 Å². The number of aromatic nitrogens is 2. The maximum absolute atomic E-state index is 11.5. The van der Waals surface area contributed by atoms with Crippen molar-refractivity contribution in [2.75, 3.05) is 24.3 Å². The quantitative estimate of drug-likeness (QED) is 0.665. The van der Waals surface area contributed by atoms with Crippen LogP contribution in [-0.2, 0) is 4.74 Å². The zero-order valence-corrected chi connectivity index (χ0v) is 15.1. The lowest BCUT2D eigenvalue weighted by Gasteiger charge is -2.23. The standard InChI is InChI=1S/C20H20N4O3/c1-3-24(15-7-5-4-6-8-15)18-17(21)19(23-13-22-18)27-16-11-9-14(10-12-16)20(25)26-2/h4-13H,3,21H2,1-2H3. The number of rotatable bonds is 6. The molecule has 0 unspecified atom stereocenters. The van der Waals surface area contributed by atoms with E-state index in [2.05, 4.69) is 14.7 Å². The van der Waals surface area contributed by atoms with Crippen LogP contribution in [0.1, 0.15) is 17.3 Å². The first kappa shape index (κ1) is 18.2. The zero-order chi connectivity index (χ0) is 19.2. The molecule has 1 heterocycles. The molecule has 0 radical (unpaired) electrons. The molecule has 7 nitrogen and oxygen atoms in total. The Bertz CT molecular complexity index is 914. The molecule has 27 heavy (non-hydrogen) atoms. The lowest BCUT2D eigenvalue weighted by Crippen LogP contribution is -2.19. The number of hydrogen-bond acceptors (Lipinski definition) is 7. The highest BCUT2D eigenvalue weighted by molar-refractivity contribution is 5.89. The van der Waals surface area contributed by atoms with Gasteiger partial charge in [-0.1, -0.05) is 18.2 Å². The van der Waals surface area contributed by atoms with Crippen LogP contribution < -0.4 is 15.4 Å². The Labute approximate surface area is 157 Å². The minimum absolute atomic E-state index is 0.250. The molecule has 0 saturated heterocycles. The SMILES string of the molecule is CCN(c1ccccc1)c1ncnc(Oc2ccc(C(=O)OC)cc2)c1N. The number of nitrogen functional groups attached to an aromatic ring is 1. The first-order valence-electron chi connectivity index (χ1n) is 8.43. The maximum atomic E-state index is 11.5. The van der Waals surface area contributed by atoms with Gasteiger partial charge in [0.2, 0.25) is 5.88 Å². The van der Waals surface area contributed by atoms with E-state index >= 15 is 0 Å². The zero-order valence-electron chi connectivity index (χ0n) is 15.1. The summed E-state index contributed by atoms with van der Waals surface area (Å²) in [7, 11) is 1.34. The smallest absolute Gasteiger partial charge is 0.337 e. The molecule has 0 aliphatic heterocycles. The van der Waals surface area contributed by atoms with Gasteiger partial charge in [-0.15, -0.1) is 0 Å². The third kappa shape index (κ3) is 3.98. The summed E-state index contributed by atoms with van der Waals surface area (Å²) in [6.45, 7) is 2.69. The monoisotopic (exact) mass is 364 g/mol. The summed E-state index contributed by atoms with van der Waals surface area (Å²) >= 11 is 0. The van der Waals surface area contributed by atoms with Gasteiger partial charge in [0, 0.05) is 12.2 Å². The average Bonchev–Trinajstić information content (AvgIpc) is 2.72. The van der Waals surface area contributed by atoms with Gasteiger partial charge in [0.05, 0.1) is 12.7 Å². The highest BCUT2D eigenvalue weighted by Gasteiger charge is 2.17. The number of anilines is 3. The molecular formula is C20H20N4O3. The van der Waals surface area contributed by atoms with Crippen molar-refractivity contribution in [3.8, 4) is 11.6 Å². The fraction of sp³-hybridized carbons (Fsp3) is 0.150. The number of carbonyl (C=O) groups is 1. The molecule has 0 atom stereocenters. The number of carbonyl (C=O) groups excluding carboxylic acids is 1. The minimum atomic E-state index is -0.410. The van der Waals surface area contributed by atoms with Crippen molar-refractivity contribution >= 4 is 23.2 Å². The number of para-hydroxylation sites is 1. The van der Waals surface area contributed by atoms with E-state index in [-0.39, 0.29) is 5.88 Å². The summed E-state index contributed by atoms with van der Waals surface area (Å²) < 4.78 is 10.5. The highest BCUT2D eigenvalue weighted by Crippen LogP contribution is 2.34. The average molecular weight is 364 g/mol. The van der Waals surface area contributed by atoms with Gasteiger partial charge in [-0.3, -0.25) is 0 Å². The summed E-state index contributed by atoms with van der Waals surface area (Å²) in [5, 5.41) is 0. The van der Waals surface area contributed by atoms with E-state index in [1.807, 2.05) is 42.2 Å². The van der Waals surface area contributed by atoms with Crippen LogP contribution in [0.4, 0.5) is 17.2 Å². The summed E-state index contributed by atoms with van der Waals surface area (Å²) in [4.78, 5) is 22.0. The Morgan fingerprint density at radius 3 is 2.41 bits per heavy atom. The fourth-order valence-electron chi connectivity index (χ4n) is 2.62. The van der Waals surface area contributed by atoms with E-state index in [0.717, 1.165) is 5.69 Å². The van der Waals surface area contributed by atoms with Crippen molar-refractivity contribution in [1.29, 1.82) is 0 Å². The van der Waals surface area contributed by atoms with Crippen molar-refractivity contribution in [1.82, 2.24) is 9.97 Å². The van der Waals surface area contributed by atoms with Crippen LogP contribution in [0.25, 0.3) is 0 Å². The first-order valence-corrected chi connectivity index (χ1v) is 8.43. The molecule has 0 fully saturated rings. The van der Waals surface area contributed by atoms with Gasteiger partial charge in [0.15, 0.2) is 5.82 Å². The normalized spacial score (nSPS) is 10.3. The third-order valence-corrected chi connectivity index (χ3v) is 3.96. The number of nitrogens with zero attached hydrogens (tertiary/aromatic N) is 3. The van der Waals surface area contributed by atoms with Crippen molar-refractivity contribution < 1.29 is 14.3 Å². The minimum Gasteiger partial charge on any atom is -0.465 e. The van der Waals surface area contributed by atoms with Crippen molar-refractivity contribution in [2.24, 2.45) is 0 Å². The number of esters is 1. The lowest BCUT2D eigenvalue weighted by atomic mass is 10.2. The number of benzene rings is 2. The van der Waals surface area contributed by atoms with Crippen molar-refractivity contribution in [2.45, 2.75) is 6.92 Å². The first-order chi connectivity index (χ1) is 13.1. The van der Waals surface area contributed by atoms with Crippen LogP contribution in [0.15, 0.2) is 60.9 Å². The van der Waals surface area contributed by atoms with E-state index in [1.54, 1.807) is 24.3 Å². The highest BCUT2D eigenvalue weighted by atomic mass is 16.5. The summed E-state index contributed by atoms with van der Waals surface area (Å²) in [5.41, 5.74) is 8.02. The van der Waals surface area contributed by atoms with Gasteiger partial charge < -0.3 is 20.1 Å². The van der Waals surface area contributed by atoms with Gasteiger partial charge in [0.1, 0.15) is 17.8 Å². The van der Waals surface area contributed by atoms with E-state index in [9.17, 15) is 4.79 Å². The Morgan fingerprint density at radius 1 is 1.07 bits per heavy atom. The largest absolute Gasteiger partial charge is 0.465 e. The second-order valence-electron chi connectivity index (χ2n) is 5.61. The number of ether oxygens (including phenoxy) is 2. The van der Waals surface area contributed by atoms with Crippen LogP contribution in [-0.4, -0.2) is 29.6 Å². The second-order valence-corrected chi connectivity index (χ2v) is 5.61. The molecule has 7 heteroatoms. The van der Waals surface area contributed by atoms with Crippen LogP contribution in [0.5, 0.6) is 11.6 Å². The predicted molar refractivity (Wildman–Crippen MR) is 103 cm³/mol. The molecule has 2 N–H and O–H groups in total. The van der Waals surface area contributed by atoms with Gasteiger partial charge in [-0.05, 0) is 43.3 Å². The molecule has 0 saturated carbocycles. The number of hydrogen-bond donors (Lipinski definition) is 1. The topological polar surface area (TPSA) is 90.6 Å². The van der Waals surface area contributed by atoms with E-state index in [1.165, 1.54) is 13.4 Å². The van der Waals surface area contributed by atoms with Gasteiger partial charge in [-0.2, -0.15) is 4.98 Å². The molecular weight excluding hydrogens is 344 g/mol. The number of nitrogens with two attached hydrogens (primary N) is 1. The van der Waals surface area contributed by atoms with Gasteiger partial charge in [-0.25, -0.2) is 9.78 Å². The Hall–Kier alpha value is -3.61. The van der Waals surface area contributed by atoms with E-state index in [4.69, 9.17) is 10.5 Å². The maximum Gasteiger partial charge on any atom is 0.337 e. The van der Waals surface area contributed by atoms with Crippen LogP contribution >= 0.6 is 0 Å². The molecule has 1 aromatic heterocycles. The molecule has 0 bridgehead atoms. The third-order valence-electron chi connectivity index (χ3n) is 3.96. The summed E-state index contributed by atoms with van der Waals surface area (Å²) in [6.07, 6.45) is 1.41. The molecule has 0 aliphatic rings. The summed E-state index contributed by atoms with van der Waals surface area (Å²) in [5.74, 6) is 0.911. The molecule has 138 valence electrons. The molecule has 0 spiro atoms. The predicted octanol–water partition coefficient (Wildman–Crippen LogP) is 3.80. The van der Waals surface area contributed by atoms with Gasteiger partial charge in [0.25, 0.3) is 0 Å². The van der Waals surface area contributed by atoms with Crippen LogP contribution in [0.3, 0.4) is 0 Å². The molecule has 3 rings (SSSR count). The Balaban J connectivity index is 1.87. The van der Waals surface area contributed by atoms with E-state index < -0.39 is 5.97 Å². The second kappa shape index (κ2) is 8.18. The van der Waals surface area contributed by atoms with Gasteiger partial charge >= 0.3 is 5.97 Å². The molecule has 0 aliphatic carbocycles. The fourth-order valence-corrected chi connectivity index (χ4v) is 2.62. The summed E-state index contributed by atoms with van der Waals surface area (Å²) in [6, 6.07) is 16.4. The molecule has 0 amide bonds. The molecule has 3 aromatic rings. The number of methoxy groups -OCH3 is 1. The lowest BCUT2D eigenvalue weighted by molar-refractivity contribution is 0.0600. The van der Waals surface area contributed by atoms with Crippen molar-refractivity contribution in [3.63, 3.8) is 0 Å². The van der Waals surface area contributed by atoms with Crippen LogP contribution in [0, 0.1) is 0 Å². The Kier molecular flexibility index (Phi) is 5.51. The van der Waals surface area contributed by atoms with E-state index in [0.29, 0.717) is 29.4 Å². The molecule has 2 aromatic carbocycles.